The first kappa shape index (κ1) is 14.2. The lowest BCUT2D eigenvalue weighted by molar-refractivity contribution is 0.880. The van der Waals surface area contributed by atoms with Crippen LogP contribution in [-0.4, -0.2) is 19.8 Å². The van der Waals surface area contributed by atoms with Crippen LogP contribution in [0, 0.1) is 29.6 Å². The number of hydrogen-bond donors (Lipinski definition) is 1. The number of aryl methyl sites for hydroxylation is 1. The molecule has 0 aliphatic heterocycles. The molecule has 0 saturated carbocycles. The summed E-state index contributed by atoms with van der Waals surface area (Å²) in [5.74, 6) is 0.227. The van der Waals surface area contributed by atoms with E-state index in [1.54, 1.807) is 18.2 Å². The van der Waals surface area contributed by atoms with E-state index in [0.717, 1.165) is 5.69 Å². The van der Waals surface area contributed by atoms with Gasteiger partial charge in [-0.3, -0.25) is 0 Å². The van der Waals surface area contributed by atoms with E-state index in [1.165, 1.54) is 4.52 Å². The minimum absolute atomic E-state index is 0.0829. The van der Waals surface area contributed by atoms with Gasteiger partial charge in [0.05, 0.1) is 5.69 Å². The molecule has 0 aliphatic carbocycles. The fourth-order valence-electron chi connectivity index (χ4n) is 2.31. The van der Waals surface area contributed by atoms with Crippen molar-refractivity contribution in [3.63, 3.8) is 0 Å². The highest BCUT2D eigenvalue weighted by atomic mass is 15.3. The molecule has 0 amide bonds. The van der Waals surface area contributed by atoms with Gasteiger partial charge in [0.2, 0.25) is 0 Å². The van der Waals surface area contributed by atoms with Crippen LogP contribution in [0.25, 0.3) is 11.2 Å². The Morgan fingerprint density at radius 1 is 1.13 bits per heavy atom. The van der Waals surface area contributed by atoms with Gasteiger partial charge in [-0.1, -0.05) is 30.3 Å². The Morgan fingerprint density at radius 2 is 1.83 bits per heavy atom. The maximum Gasteiger partial charge on any atom is 0.179 e. The van der Waals surface area contributed by atoms with Crippen molar-refractivity contribution in [2.45, 2.75) is 6.92 Å². The monoisotopic (exact) mass is 301 g/mol. The van der Waals surface area contributed by atoms with Crippen molar-refractivity contribution in [2.75, 3.05) is 5.73 Å². The van der Waals surface area contributed by atoms with Gasteiger partial charge in [0.1, 0.15) is 23.4 Å². The van der Waals surface area contributed by atoms with Crippen molar-refractivity contribution >= 4 is 17.0 Å². The highest BCUT2D eigenvalue weighted by Crippen LogP contribution is 2.28. The summed E-state index contributed by atoms with van der Waals surface area (Å²) in [5, 5.41) is 31.0. The zero-order valence-electron chi connectivity index (χ0n) is 12.2. The minimum atomic E-state index is -0.0829. The number of allylic oxidation sites excluding steroid dienone is 1. The molecule has 0 fully saturated rings. The van der Waals surface area contributed by atoms with Gasteiger partial charge in [-0.2, -0.15) is 20.1 Å². The van der Waals surface area contributed by atoms with E-state index in [-0.39, 0.29) is 17.1 Å². The summed E-state index contributed by atoms with van der Waals surface area (Å²) in [7, 11) is 0. The number of nitrogens with two attached hydrogens (primary N) is 1. The average molecular weight is 301 g/mol. The molecule has 0 radical (unpaired) electrons. The highest BCUT2D eigenvalue weighted by molar-refractivity contribution is 5.88. The van der Waals surface area contributed by atoms with E-state index in [0.29, 0.717) is 16.8 Å². The molecule has 110 valence electrons. The van der Waals surface area contributed by atoms with Crippen molar-refractivity contribution < 1.29 is 0 Å². The number of nitrogens with zero attached hydrogens (tertiary/aromatic N) is 6. The molecule has 1 aromatic carbocycles. The lowest BCUT2D eigenvalue weighted by Gasteiger charge is -2.10. The summed E-state index contributed by atoms with van der Waals surface area (Å²) >= 11 is 0. The molecule has 0 unspecified atom stereocenters. The average Bonchev–Trinajstić information content (AvgIpc) is 2.96. The SMILES string of the molecule is Cc1cc2nnc(C(=C(C#N)C#N)c3ccccc3)c(N)n2n1. The van der Waals surface area contributed by atoms with Crippen LogP contribution in [0.5, 0.6) is 0 Å². The summed E-state index contributed by atoms with van der Waals surface area (Å²) < 4.78 is 1.45. The first-order chi connectivity index (χ1) is 11.2. The van der Waals surface area contributed by atoms with E-state index in [9.17, 15) is 10.5 Å². The normalized spacial score (nSPS) is 10.0. The fraction of sp³-hybridized carbons (Fsp3) is 0.0625. The molecule has 0 spiro atoms. The van der Waals surface area contributed by atoms with Gasteiger partial charge in [0.25, 0.3) is 0 Å². The second-order valence-corrected chi connectivity index (χ2v) is 4.83. The Bertz CT molecular complexity index is 985. The van der Waals surface area contributed by atoms with Crippen LogP contribution in [0.3, 0.4) is 0 Å². The second kappa shape index (κ2) is 5.58. The van der Waals surface area contributed by atoms with Crippen LogP contribution in [0.15, 0.2) is 42.0 Å². The third kappa shape index (κ3) is 2.37. The van der Waals surface area contributed by atoms with Crippen LogP contribution >= 0.6 is 0 Å². The largest absolute Gasteiger partial charge is 0.382 e. The molecular formula is C16H11N7. The number of fused-ring (bicyclic) bond motifs is 1. The number of nitrogen functional groups attached to an aromatic ring is 1. The van der Waals surface area contributed by atoms with E-state index in [1.807, 2.05) is 37.3 Å². The minimum Gasteiger partial charge on any atom is -0.382 e. The first-order valence-corrected chi connectivity index (χ1v) is 6.74. The molecule has 3 aromatic rings. The van der Waals surface area contributed by atoms with Crippen molar-refractivity contribution in [2.24, 2.45) is 0 Å². The zero-order chi connectivity index (χ0) is 16.4. The Labute approximate surface area is 131 Å². The van der Waals surface area contributed by atoms with Gasteiger partial charge in [0, 0.05) is 11.6 Å². The first-order valence-electron chi connectivity index (χ1n) is 6.74. The van der Waals surface area contributed by atoms with Gasteiger partial charge in [-0.15, -0.1) is 10.2 Å². The number of nitriles is 2. The molecule has 0 bridgehead atoms. The maximum atomic E-state index is 9.29. The lowest BCUT2D eigenvalue weighted by Crippen LogP contribution is -2.09. The fourth-order valence-corrected chi connectivity index (χ4v) is 2.31. The Morgan fingerprint density at radius 3 is 2.48 bits per heavy atom. The highest BCUT2D eigenvalue weighted by Gasteiger charge is 2.19. The Hall–Kier alpha value is -3.71. The van der Waals surface area contributed by atoms with E-state index in [4.69, 9.17) is 5.73 Å². The molecule has 2 N–H and O–H groups in total. The van der Waals surface area contributed by atoms with Gasteiger partial charge in [0.15, 0.2) is 11.5 Å². The molecule has 7 heteroatoms. The van der Waals surface area contributed by atoms with E-state index >= 15 is 0 Å². The molecule has 3 rings (SSSR count). The predicted molar refractivity (Wildman–Crippen MR) is 83.6 cm³/mol. The van der Waals surface area contributed by atoms with Crippen molar-refractivity contribution in [1.82, 2.24) is 19.8 Å². The molecular weight excluding hydrogens is 290 g/mol. The number of rotatable bonds is 2. The Kier molecular flexibility index (Phi) is 3.46. The maximum absolute atomic E-state index is 9.29. The van der Waals surface area contributed by atoms with Gasteiger partial charge in [-0.05, 0) is 12.5 Å². The molecule has 23 heavy (non-hydrogen) atoms. The molecule has 0 aliphatic rings. The smallest absolute Gasteiger partial charge is 0.179 e. The molecule has 2 heterocycles. The van der Waals surface area contributed by atoms with Crippen molar-refractivity contribution in [3.8, 4) is 12.1 Å². The summed E-state index contributed by atoms with van der Waals surface area (Å²) in [6.45, 7) is 1.82. The summed E-state index contributed by atoms with van der Waals surface area (Å²) in [5.41, 5.74) is 8.59. The quantitative estimate of drug-likeness (QED) is 0.722. The molecule has 0 saturated heterocycles. The van der Waals surface area contributed by atoms with Crippen LogP contribution < -0.4 is 5.73 Å². The van der Waals surface area contributed by atoms with Crippen molar-refractivity contribution in [3.05, 3.63) is 58.9 Å². The third-order valence-electron chi connectivity index (χ3n) is 3.31. The topological polar surface area (TPSA) is 117 Å². The molecule has 2 aromatic heterocycles. The third-order valence-corrected chi connectivity index (χ3v) is 3.31. The number of aromatic nitrogens is 4. The lowest BCUT2D eigenvalue weighted by atomic mass is 9.98. The van der Waals surface area contributed by atoms with Crippen molar-refractivity contribution in [1.29, 1.82) is 10.5 Å². The van der Waals surface area contributed by atoms with Gasteiger partial charge in [-0.25, -0.2) is 0 Å². The molecule has 7 nitrogen and oxygen atoms in total. The van der Waals surface area contributed by atoms with E-state index < -0.39 is 0 Å². The number of benzene rings is 1. The van der Waals surface area contributed by atoms with Gasteiger partial charge >= 0.3 is 0 Å². The number of anilines is 1. The van der Waals surface area contributed by atoms with Crippen LogP contribution in [0.1, 0.15) is 17.0 Å². The number of hydrogen-bond acceptors (Lipinski definition) is 6. The van der Waals surface area contributed by atoms with E-state index in [2.05, 4.69) is 15.3 Å². The van der Waals surface area contributed by atoms with Gasteiger partial charge < -0.3 is 5.73 Å². The molecule has 0 atom stereocenters. The van der Waals surface area contributed by atoms with Crippen LogP contribution in [-0.2, 0) is 0 Å². The predicted octanol–water partition coefficient (Wildman–Crippen LogP) is 1.86. The standard InChI is InChI=1S/C16H11N7/c1-10-7-13-20-21-15(16(19)23(13)22-10)14(12(8-17)9-18)11-5-3-2-4-6-11/h2-7H,19H2,1H3. The zero-order valence-corrected chi connectivity index (χ0v) is 12.2. The van der Waals surface area contributed by atoms with Crippen LogP contribution in [0.4, 0.5) is 5.82 Å². The summed E-state index contributed by atoms with van der Waals surface area (Å²) in [6.07, 6.45) is 0. The Balaban J connectivity index is 2.36. The summed E-state index contributed by atoms with van der Waals surface area (Å²) in [6, 6.07) is 14.6. The summed E-state index contributed by atoms with van der Waals surface area (Å²) in [4.78, 5) is 0. The van der Waals surface area contributed by atoms with Crippen LogP contribution in [0.2, 0.25) is 0 Å². The second-order valence-electron chi connectivity index (χ2n) is 4.83.